The van der Waals surface area contributed by atoms with Gasteiger partial charge in [0.05, 0.1) is 6.54 Å². The van der Waals surface area contributed by atoms with E-state index in [2.05, 4.69) is 5.43 Å². The number of nitrogens with zero attached hydrogens (tertiary/aromatic N) is 2. The van der Waals surface area contributed by atoms with E-state index >= 15 is 0 Å². The van der Waals surface area contributed by atoms with Crippen LogP contribution >= 0.6 is 0 Å². The Balaban J connectivity index is 1.91. The fourth-order valence-electron chi connectivity index (χ4n) is 2.56. The monoisotopic (exact) mass is 290 g/mol. The second-order valence-electron chi connectivity index (χ2n) is 5.43. The number of rotatable bonds is 5. The van der Waals surface area contributed by atoms with Gasteiger partial charge < -0.3 is 4.90 Å². The molecule has 1 fully saturated rings. The normalized spacial score (nSPS) is 14.5. The summed E-state index contributed by atoms with van der Waals surface area (Å²) < 4.78 is 0. The number of likely N-dealkylation sites (N-methyl/N-ethyl adjacent to an activating group) is 1. The summed E-state index contributed by atoms with van der Waals surface area (Å²) in [6.07, 6.45) is 2.21. The first-order valence-corrected chi connectivity index (χ1v) is 7.16. The summed E-state index contributed by atoms with van der Waals surface area (Å²) >= 11 is 0. The van der Waals surface area contributed by atoms with Crippen LogP contribution < -0.4 is 11.3 Å². The van der Waals surface area contributed by atoms with Crippen molar-refractivity contribution in [1.29, 1.82) is 0 Å². The molecule has 2 rings (SSSR count). The second-order valence-corrected chi connectivity index (χ2v) is 5.43. The molecule has 0 atom stereocenters. The maximum Gasteiger partial charge on any atom is 0.265 e. The maximum absolute atomic E-state index is 12.1. The van der Waals surface area contributed by atoms with Gasteiger partial charge in [0.1, 0.15) is 0 Å². The van der Waals surface area contributed by atoms with Crippen LogP contribution in [0, 0.1) is 0 Å². The Morgan fingerprint density at radius 1 is 1.33 bits per heavy atom. The predicted molar refractivity (Wildman–Crippen MR) is 80.2 cm³/mol. The lowest BCUT2D eigenvalue weighted by Crippen LogP contribution is -2.37. The van der Waals surface area contributed by atoms with Crippen LogP contribution in [0.3, 0.4) is 0 Å². The van der Waals surface area contributed by atoms with Crippen molar-refractivity contribution in [2.24, 2.45) is 5.84 Å². The van der Waals surface area contributed by atoms with Gasteiger partial charge in [0, 0.05) is 25.2 Å². The van der Waals surface area contributed by atoms with Crippen molar-refractivity contribution >= 4 is 11.8 Å². The highest BCUT2D eigenvalue weighted by atomic mass is 16.2. The summed E-state index contributed by atoms with van der Waals surface area (Å²) in [7, 11) is 1.91. The molecule has 0 aliphatic carbocycles. The molecular formula is C15H22N4O2. The van der Waals surface area contributed by atoms with Crippen LogP contribution in [0.5, 0.6) is 0 Å². The van der Waals surface area contributed by atoms with E-state index < -0.39 is 0 Å². The molecule has 0 unspecified atom stereocenters. The first-order chi connectivity index (χ1) is 10.1. The zero-order chi connectivity index (χ0) is 15.2. The number of nitrogens with one attached hydrogen (secondary N) is 1. The van der Waals surface area contributed by atoms with Crippen LogP contribution in [-0.4, -0.2) is 48.3 Å². The van der Waals surface area contributed by atoms with E-state index in [-0.39, 0.29) is 11.8 Å². The van der Waals surface area contributed by atoms with Gasteiger partial charge in [-0.3, -0.25) is 19.9 Å². The van der Waals surface area contributed by atoms with Crippen LogP contribution in [0.2, 0.25) is 0 Å². The smallest absolute Gasteiger partial charge is 0.265 e. The van der Waals surface area contributed by atoms with Crippen molar-refractivity contribution in [2.45, 2.75) is 19.4 Å². The number of likely N-dealkylation sites (tertiary alicyclic amines) is 1. The molecule has 6 heteroatoms. The number of carbonyl (C=O) groups excluding carboxylic acids is 2. The summed E-state index contributed by atoms with van der Waals surface area (Å²) in [5, 5.41) is 0. The molecule has 0 saturated carbocycles. The van der Waals surface area contributed by atoms with E-state index in [0.717, 1.165) is 31.5 Å². The highest BCUT2D eigenvalue weighted by molar-refractivity contribution is 5.93. The van der Waals surface area contributed by atoms with Crippen LogP contribution in [0.25, 0.3) is 0 Å². The van der Waals surface area contributed by atoms with Crippen molar-refractivity contribution < 1.29 is 9.59 Å². The minimum Gasteiger partial charge on any atom is -0.342 e. The summed E-state index contributed by atoms with van der Waals surface area (Å²) in [5.74, 6) is 4.99. The van der Waals surface area contributed by atoms with Crippen LogP contribution in [-0.2, 0) is 11.3 Å². The molecule has 0 aromatic heterocycles. The van der Waals surface area contributed by atoms with E-state index in [0.29, 0.717) is 18.7 Å². The lowest BCUT2D eigenvalue weighted by Gasteiger charge is -2.21. The van der Waals surface area contributed by atoms with Gasteiger partial charge in [-0.05, 0) is 37.6 Å². The number of hydrogen-bond acceptors (Lipinski definition) is 4. The van der Waals surface area contributed by atoms with E-state index in [1.54, 1.807) is 12.1 Å². The third kappa shape index (κ3) is 4.27. The highest BCUT2D eigenvalue weighted by Gasteiger charge is 2.19. The zero-order valence-corrected chi connectivity index (χ0v) is 12.3. The number of hydrazine groups is 1. The lowest BCUT2D eigenvalue weighted by atomic mass is 10.1. The number of amides is 2. The van der Waals surface area contributed by atoms with E-state index in [1.165, 1.54) is 0 Å². The molecule has 3 N–H and O–H groups in total. The lowest BCUT2D eigenvalue weighted by molar-refractivity contribution is -0.131. The molecule has 21 heavy (non-hydrogen) atoms. The van der Waals surface area contributed by atoms with Gasteiger partial charge in [0.15, 0.2) is 0 Å². The number of hydrogen-bond donors (Lipinski definition) is 2. The largest absolute Gasteiger partial charge is 0.342 e. The molecule has 0 radical (unpaired) electrons. The molecule has 1 aliphatic rings. The van der Waals surface area contributed by atoms with Gasteiger partial charge in [0.25, 0.3) is 5.91 Å². The van der Waals surface area contributed by atoms with Crippen molar-refractivity contribution in [3.8, 4) is 0 Å². The van der Waals surface area contributed by atoms with Gasteiger partial charge in [-0.25, -0.2) is 5.84 Å². The topological polar surface area (TPSA) is 78.7 Å². The summed E-state index contributed by atoms with van der Waals surface area (Å²) in [4.78, 5) is 27.4. The molecule has 1 aromatic rings. The third-order valence-electron chi connectivity index (χ3n) is 3.64. The van der Waals surface area contributed by atoms with Crippen LogP contribution in [0.4, 0.5) is 0 Å². The molecule has 0 bridgehead atoms. The third-order valence-corrected chi connectivity index (χ3v) is 3.64. The fraction of sp³-hybridized carbons (Fsp3) is 0.467. The van der Waals surface area contributed by atoms with Gasteiger partial charge in [-0.2, -0.15) is 0 Å². The molecular weight excluding hydrogens is 268 g/mol. The molecule has 1 saturated heterocycles. The van der Waals surface area contributed by atoms with E-state index in [9.17, 15) is 9.59 Å². The average Bonchev–Trinajstić information content (AvgIpc) is 3.00. The molecule has 114 valence electrons. The van der Waals surface area contributed by atoms with Crippen molar-refractivity contribution in [2.75, 3.05) is 26.7 Å². The molecule has 6 nitrogen and oxygen atoms in total. The van der Waals surface area contributed by atoms with Gasteiger partial charge in [0.2, 0.25) is 5.91 Å². The quantitative estimate of drug-likeness (QED) is 0.466. The summed E-state index contributed by atoms with van der Waals surface area (Å²) in [6.45, 7) is 2.76. The van der Waals surface area contributed by atoms with E-state index in [1.807, 2.05) is 29.0 Å². The van der Waals surface area contributed by atoms with Gasteiger partial charge >= 0.3 is 0 Å². The molecule has 0 spiro atoms. The molecule has 1 aliphatic heterocycles. The fourth-order valence-corrected chi connectivity index (χ4v) is 2.56. The Labute approximate surface area is 124 Å². The molecule has 2 amide bonds. The van der Waals surface area contributed by atoms with Crippen LogP contribution in [0.1, 0.15) is 28.8 Å². The number of nitrogens with two attached hydrogens (primary N) is 1. The van der Waals surface area contributed by atoms with Crippen molar-refractivity contribution in [3.63, 3.8) is 0 Å². The maximum atomic E-state index is 12.1. The van der Waals surface area contributed by atoms with Crippen LogP contribution in [0.15, 0.2) is 24.3 Å². The highest BCUT2D eigenvalue weighted by Crippen LogP contribution is 2.10. The Bertz CT molecular complexity index is 512. The average molecular weight is 290 g/mol. The Hall–Kier alpha value is -1.92. The summed E-state index contributed by atoms with van der Waals surface area (Å²) in [5.41, 5.74) is 3.62. The number of benzene rings is 1. The first-order valence-electron chi connectivity index (χ1n) is 7.16. The predicted octanol–water partition coefficient (Wildman–Crippen LogP) is 0.344. The molecule has 1 aromatic carbocycles. The SMILES string of the molecule is CN(CC(=O)N1CCCC1)Cc1cccc(C(=O)NN)c1. The minimum atomic E-state index is -0.312. The van der Waals surface area contributed by atoms with Gasteiger partial charge in [-0.1, -0.05) is 12.1 Å². The van der Waals surface area contributed by atoms with Gasteiger partial charge in [-0.15, -0.1) is 0 Å². The van der Waals surface area contributed by atoms with Crippen molar-refractivity contribution in [3.05, 3.63) is 35.4 Å². The zero-order valence-electron chi connectivity index (χ0n) is 12.3. The minimum absolute atomic E-state index is 0.172. The Morgan fingerprint density at radius 2 is 2.05 bits per heavy atom. The first kappa shape index (κ1) is 15.5. The second kappa shape index (κ2) is 7.19. The van der Waals surface area contributed by atoms with E-state index in [4.69, 9.17) is 5.84 Å². The summed E-state index contributed by atoms with van der Waals surface area (Å²) in [6, 6.07) is 7.25. The Kier molecular flexibility index (Phi) is 5.30. The molecule has 1 heterocycles. The van der Waals surface area contributed by atoms with Crippen molar-refractivity contribution in [1.82, 2.24) is 15.2 Å². The standard InChI is InChI=1S/C15H22N4O2/c1-18(11-14(20)19-7-2-3-8-19)10-12-5-4-6-13(9-12)15(21)17-16/h4-6,9H,2-3,7-8,10-11,16H2,1H3,(H,17,21). The Morgan fingerprint density at radius 3 is 2.71 bits per heavy atom. The number of carbonyl (C=O) groups is 2. The number of nitrogen functional groups attached to an aromatic ring is 1.